The van der Waals surface area contributed by atoms with E-state index in [1.54, 1.807) is 26.2 Å². The molecule has 0 aliphatic rings. The number of nitrogens with two attached hydrogens (primary N) is 1. The third-order valence-corrected chi connectivity index (χ3v) is 3.79. The molecule has 1 rings (SSSR count). The molecule has 0 saturated carbocycles. The van der Waals surface area contributed by atoms with E-state index in [2.05, 4.69) is 5.32 Å². The number of nitrogens with zero attached hydrogens (tertiary/aromatic N) is 1. The molecular formula is C17H28ClN3O3. The summed E-state index contributed by atoms with van der Waals surface area (Å²) in [5, 5.41) is 2.83. The van der Waals surface area contributed by atoms with Gasteiger partial charge in [0.1, 0.15) is 5.75 Å². The highest BCUT2D eigenvalue weighted by Crippen LogP contribution is 2.13. The molecule has 6 nitrogen and oxygen atoms in total. The predicted octanol–water partition coefficient (Wildman–Crippen LogP) is 1.56. The van der Waals surface area contributed by atoms with Crippen LogP contribution in [0.4, 0.5) is 0 Å². The molecule has 24 heavy (non-hydrogen) atoms. The minimum atomic E-state index is -0.503. The van der Waals surface area contributed by atoms with E-state index in [9.17, 15) is 9.59 Å². The molecule has 3 N–H and O–H groups in total. The summed E-state index contributed by atoms with van der Waals surface area (Å²) in [6, 6.07) is 6.79. The van der Waals surface area contributed by atoms with Crippen LogP contribution in [0.15, 0.2) is 24.3 Å². The average molecular weight is 358 g/mol. The van der Waals surface area contributed by atoms with E-state index in [4.69, 9.17) is 10.5 Å². The molecule has 2 atom stereocenters. The van der Waals surface area contributed by atoms with Crippen molar-refractivity contribution < 1.29 is 14.3 Å². The highest BCUT2D eigenvalue weighted by Gasteiger charge is 2.18. The number of hydrogen-bond acceptors (Lipinski definition) is 4. The highest BCUT2D eigenvalue weighted by molar-refractivity contribution is 5.85. The fourth-order valence-electron chi connectivity index (χ4n) is 1.84. The lowest BCUT2D eigenvalue weighted by Crippen LogP contribution is -2.44. The molecule has 0 saturated heterocycles. The van der Waals surface area contributed by atoms with Crippen molar-refractivity contribution in [2.45, 2.75) is 32.9 Å². The van der Waals surface area contributed by atoms with Gasteiger partial charge in [0.05, 0.1) is 6.04 Å². The Morgan fingerprint density at radius 3 is 2.58 bits per heavy atom. The molecule has 2 unspecified atom stereocenters. The Bertz CT molecular complexity index is 538. The van der Waals surface area contributed by atoms with E-state index in [0.717, 1.165) is 12.0 Å². The van der Waals surface area contributed by atoms with Gasteiger partial charge in [0.2, 0.25) is 5.91 Å². The smallest absolute Gasteiger partial charge is 0.259 e. The number of ether oxygens (including phenoxy) is 1. The van der Waals surface area contributed by atoms with Gasteiger partial charge in [-0.25, -0.2) is 0 Å². The van der Waals surface area contributed by atoms with Gasteiger partial charge >= 0.3 is 0 Å². The zero-order chi connectivity index (χ0) is 17.4. The lowest BCUT2D eigenvalue weighted by Gasteiger charge is -2.18. The molecule has 7 heteroatoms. The Morgan fingerprint density at radius 2 is 2.00 bits per heavy atom. The molecular weight excluding hydrogens is 330 g/mol. The fourth-order valence-corrected chi connectivity index (χ4v) is 1.84. The zero-order valence-corrected chi connectivity index (χ0v) is 15.6. The number of amides is 2. The molecule has 0 bridgehead atoms. The number of carbonyl (C=O) groups is 2. The van der Waals surface area contributed by atoms with Crippen LogP contribution in [0.2, 0.25) is 0 Å². The van der Waals surface area contributed by atoms with Crippen LogP contribution in [0.1, 0.15) is 25.8 Å². The first-order valence-corrected chi connectivity index (χ1v) is 7.80. The van der Waals surface area contributed by atoms with Crippen LogP contribution in [0.3, 0.4) is 0 Å². The predicted molar refractivity (Wildman–Crippen MR) is 97.2 cm³/mol. The third kappa shape index (κ3) is 7.19. The van der Waals surface area contributed by atoms with Crippen molar-refractivity contribution in [1.82, 2.24) is 10.2 Å². The monoisotopic (exact) mass is 357 g/mol. The minimum absolute atomic E-state index is 0. The van der Waals surface area contributed by atoms with Crippen LogP contribution < -0.4 is 15.8 Å². The first kappa shape index (κ1) is 22.2. The SMILES string of the molecule is CCC(C)C(N)C(=O)NCc1cccc(OCC(=O)N(C)C)c1.Cl. The highest BCUT2D eigenvalue weighted by atomic mass is 35.5. The van der Waals surface area contributed by atoms with Crippen molar-refractivity contribution in [2.75, 3.05) is 20.7 Å². The van der Waals surface area contributed by atoms with E-state index in [1.165, 1.54) is 4.90 Å². The number of hydrogen-bond donors (Lipinski definition) is 2. The van der Waals surface area contributed by atoms with Crippen LogP contribution >= 0.6 is 12.4 Å². The van der Waals surface area contributed by atoms with Crippen molar-refractivity contribution in [1.29, 1.82) is 0 Å². The normalized spacial score (nSPS) is 12.5. The van der Waals surface area contributed by atoms with Gasteiger partial charge < -0.3 is 20.7 Å². The number of benzene rings is 1. The van der Waals surface area contributed by atoms with E-state index < -0.39 is 6.04 Å². The molecule has 0 aromatic heterocycles. The molecule has 0 aliphatic heterocycles. The molecule has 0 radical (unpaired) electrons. The molecule has 0 heterocycles. The second-order valence-corrected chi connectivity index (χ2v) is 5.85. The number of nitrogens with one attached hydrogen (secondary N) is 1. The van der Waals surface area contributed by atoms with Gasteiger partial charge in [-0.15, -0.1) is 12.4 Å². The summed E-state index contributed by atoms with van der Waals surface area (Å²) in [6.07, 6.45) is 0.859. The Kier molecular flexibility index (Phi) is 10.1. The Labute approximate surface area is 150 Å². The van der Waals surface area contributed by atoms with Gasteiger partial charge in [0.15, 0.2) is 6.61 Å². The molecule has 2 amide bonds. The van der Waals surface area contributed by atoms with Gasteiger partial charge in [-0.1, -0.05) is 32.4 Å². The van der Waals surface area contributed by atoms with E-state index >= 15 is 0 Å². The Balaban J connectivity index is 0.00000529. The van der Waals surface area contributed by atoms with Crippen LogP contribution in [0, 0.1) is 5.92 Å². The van der Waals surface area contributed by atoms with Crippen molar-refractivity contribution in [2.24, 2.45) is 11.7 Å². The average Bonchev–Trinajstić information content (AvgIpc) is 2.56. The lowest BCUT2D eigenvalue weighted by atomic mass is 9.99. The lowest BCUT2D eigenvalue weighted by molar-refractivity contribution is -0.130. The van der Waals surface area contributed by atoms with Crippen molar-refractivity contribution >= 4 is 24.2 Å². The first-order chi connectivity index (χ1) is 10.8. The van der Waals surface area contributed by atoms with Crippen LogP contribution in [0.5, 0.6) is 5.75 Å². The molecule has 136 valence electrons. The third-order valence-electron chi connectivity index (χ3n) is 3.79. The van der Waals surface area contributed by atoms with Gasteiger partial charge in [-0.3, -0.25) is 9.59 Å². The van der Waals surface area contributed by atoms with Crippen LogP contribution in [-0.2, 0) is 16.1 Å². The maximum absolute atomic E-state index is 12.0. The minimum Gasteiger partial charge on any atom is -0.484 e. The van der Waals surface area contributed by atoms with E-state index in [1.807, 2.05) is 26.0 Å². The Morgan fingerprint density at radius 1 is 1.33 bits per heavy atom. The van der Waals surface area contributed by atoms with Gasteiger partial charge in [0.25, 0.3) is 5.91 Å². The summed E-state index contributed by atoms with van der Waals surface area (Å²) in [4.78, 5) is 25.0. The van der Waals surface area contributed by atoms with Crippen LogP contribution in [-0.4, -0.2) is 43.5 Å². The second kappa shape index (κ2) is 10.9. The molecule has 0 aliphatic carbocycles. The van der Waals surface area contributed by atoms with E-state index in [-0.39, 0.29) is 36.7 Å². The standard InChI is InChI=1S/C17H27N3O3.ClH/c1-5-12(2)16(18)17(22)19-10-13-7-6-8-14(9-13)23-11-15(21)20(3)4;/h6-9,12,16H,5,10-11,18H2,1-4H3,(H,19,22);1H. The number of halogens is 1. The maximum atomic E-state index is 12.0. The summed E-state index contributed by atoms with van der Waals surface area (Å²) in [7, 11) is 3.36. The van der Waals surface area contributed by atoms with Crippen LogP contribution in [0.25, 0.3) is 0 Å². The second-order valence-electron chi connectivity index (χ2n) is 5.85. The van der Waals surface area contributed by atoms with Crippen molar-refractivity contribution in [3.05, 3.63) is 29.8 Å². The zero-order valence-electron chi connectivity index (χ0n) is 14.7. The first-order valence-electron chi connectivity index (χ1n) is 7.80. The number of likely N-dealkylation sites (N-methyl/N-ethyl adjacent to an activating group) is 1. The van der Waals surface area contributed by atoms with Crippen molar-refractivity contribution in [3.63, 3.8) is 0 Å². The summed E-state index contributed by atoms with van der Waals surface area (Å²) < 4.78 is 5.45. The summed E-state index contributed by atoms with van der Waals surface area (Å²) in [6.45, 7) is 4.33. The Hall–Kier alpha value is -1.79. The van der Waals surface area contributed by atoms with Gasteiger partial charge in [-0.05, 0) is 23.6 Å². The fraction of sp³-hybridized carbons (Fsp3) is 0.529. The number of carbonyl (C=O) groups excluding carboxylic acids is 2. The van der Waals surface area contributed by atoms with Gasteiger partial charge in [0, 0.05) is 20.6 Å². The molecule has 0 spiro atoms. The maximum Gasteiger partial charge on any atom is 0.259 e. The van der Waals surface area contributed by atoms with Crippen molar-refractivity contribution in [3.8, 4) is 5.75 Å². The molecule has 0 fully saturated rings. The summed E-state index contributed by atoms with van der Waals surface area (Å²) >= 11 is 0. The topological polar surface area (TPSA) is 84.7 Å². The molecule has 1 aromatic rings. The van der Waals surface area contributed by atoms with Gasteiger partial charge in [-0.2, -0.15) is 0 Å². The largest absolute Gasteiger partial charge is 0.484 e. The summed E-state index contributed by atoms with van der Waals surface area (Å²) in [5.41, 5.74) is 6.79. The van der Waals surface area contributed by atoms with E-state index in [0.29, 0.717) is 12.3 Å². The number of rotatable bonds is 8. The molecule has 1 aromatic carbocycles. The summed E-state index contributed by atoms with van der Waals surface area (Å²) in [5.74, 6) is 0.469. The quantitative estimate of drug-likeness (QED) is 0.739.